The number of unbranched alkanes of at least 4 members (excludes halogenated alkanes) is 1. The van der Waals surface area contributed by atoms with E-state index in [1.165, 1.54) is 38.8 Å². The standard InChI is InChI=1S/C15H31N3/c1-12(2)18-10-13-6-5-7-14(11-18)15(13)17-9-4-3-8-16/h12-15,17H,3-11,16H2,1-2H3. The molecule has 2 unspecified atom stereocenters. The molecular weight excluding hydrogens is 222 g/mol. The predicted octanol–water partition coefficient (Wildman–Crippen LogP) is 1.82. The van der Waals surface area contributed by atoms with Crippen LogP contribution >= 0.6 is 0 Å². The van der Waals surface area contributed by atoms with E-state index in [0.717, 1.165) is 37.4 Å². The zero-order chi connectivity index (χ0) is 13.0. The van der Waals surface area contributed by atoms with E-state index in [9.17, 15) is 0 Å². The highest BCUT2D eigenvalue weighted by Crippen LogP contribution is 2.35. The third-order valence-electron chi connectivity index (χ3n) is 4.84. The first-order chi connectivity index (χ1) is 8.72. The maximum Gasteiger partial charge on any atom is 0.0148 e. The van der Waals surface area contributed by atoms with Crippen LogP contribution in [0.4, 0.5) is 0 Å². The van der Waals surface area contributed by atoms with Gasteiger partial charge in [0.05, 0.1) is 0 Å². The second-order valence-corrected chi connectivity index (χ2v) is 6.47. The van der Waals surface area contributed by atoms with Gasteiger partial charge in [0.2, 0.25) is 0 Å². The highest BCUT2D eigenvalue weighted by atomic mass is 15.2. The quantitative estimate of drug-likeness (QED) is 0.710. The fraction of sp³-hybridized carbons (Fsp3) is 1.00. The SMILES string of the molecule is CC(C)N1CC2CCCC(C1)C2NCCCCN. The molecule has 1 saturated heterocycles. The first kappa shape index (κ1) is 14.3. The van der Waals surface area contributed by atoms with Gasteiger partial charge < -0.3 is 16.0 Å². The molecule has 0 radical (unpaired) electrons. The van der Waals surface area contributed by atoms with Crippen LogP contribution in [0.1, 0.15) is 46.0 Å². The van der Waals surface area contributed by atoms with Crippen molar-refractivity contribution >= 4 is 0 Å². The van der Waals surface area contributed by atoms with Crippen molar-refractivity contribution in [3.63, 3.8) is 0 Å². The van der Waals surface area contributed by atoms with E-state index in [4.69, 9.17) is 5.73 Å². The second-order valence-electron chi connectivity index (χ2n) is 6.47. The van der Waals surface area contributed by atoms with Crippen molar-refractivity contribution in [3.05, 3.63) is 0 Å². The van der Waals surface area contributed by atoms with Crippen LogP contribution < -0.4 is 11.1 Å². The van der Waals surface area contributed by atoms with Crippen LogP contribution in [-0.2, 0) is 0 Å². The molecule has 18 heavy (non-hydrogen) atoms. The number of likely N-dealkylation sites (tertiary alicyclic amines) is 1. The molecule has 1 aliphatic carbocycles. The molecule has 2 bridgehead atoms. The van der Waals surface area contributed by atoms with Crippen LogP contribution in [0.2, 0.25) is 0 Å². The summed E-state index contributed by atoms with van der Waals surface area (Å²) in [5.74, 6) is 1.77. The Morgan fingerprint density at radius 2 is 1.83 bits per heavy atom. The topological polar surface area (TPSA) is 41.3 Å². The van der Waals surface area contributed by atoms with Gasteiger partial charge in [0.15, 0.2) is 0 Å². The molecule has 0 spiro atoms. The average Bonchev–Trinajstić information content (AvgIpc) is 2.33. The Balaban J connectivity index is 1.84. The van der Waals surface area contributed by atoms with E-state index in [2.05, 4.69) is 24.1 Å². The van der Waals surface area contributed by atoms with E-state index in [1.807, 2.05) is 0 Å². The van der Waals surface area contributed by atoms with Crippen molar-refractivity contribution in [1.82, 2.24) is 10.2 Å². The zero-order valence-corrected chi connectivity index (χ0v) is 12.2. The van der Waals surface area contributed by atoms with Gasteiger partial charge in [-0.2, -0.15) is 0 Å². The smallest absolute Gasteiger partial charge is 0.0148 e. The van der Waals surface area contributed by atoms with Crippen LogP contribution in [-0.4, -0.2) is 43.2 Å². The molecule has 0 amide bonds. The molecule has 3 heteroatoms. The Kier molecular flexibility index (Phi) is 5.46. The van der Waals surface area contributed by atoms with Gasteiger partial charge >= 0.3 is 0 Å². The van der Waals surface area contributed by atoms with Crippen LogP contribution in [0.3, 0.4) is 0 Å². The number of nitrogens with one attached hydrogen (secondary N) is 1. The fourth-order valence-electron chi connectivity index (χ4n) is 3.77. The van der Waals surface area contributed by atoms with E-state index in [0.29, 0.717) is 6.04 Å². The number of rotatable bonds is 6. The largest absolute Gasteiger partial charge is 0.330 e. The van der Waals surface area contributed by atoms with E-state index >= 15 is 0 Å². The Bertz CT molecular complexity index is 228. The molecule has 3 nitrogen and oxygen atoms in total. The van der Waals surface area contributed by atoms with Crippen molar-refractivity contribution in [1.29, 1.82) is 0 Å². The van der Waals surface area contributed by atoms with Crippen LogP contribution in [0.5, 0.6) is 0 Å². The van der Waals surface area contributed by atoms with E-state index < -0.39 is 0 Å². The lowest BCUT2D eigenvalue weighted by Gasteiger charge is -2.49. The van der Waals surface area contributed by atoms with Crippen LogP contribution in [0.25, 0.3) is 0 Å². The minimum Gasteiger partial charge on any atom is -0.330 e. The number of hydrogen-bond donors (Lipinski definition) is 2. The van der Waals surface area contributed by atoms with Crippen molar-refractivity contribution in [2.45, 2.75) is 58.0 Å². The van der Waals surface area contributed by atoms with E-state index in [1.54, 1.807) is 0 Å². The highest BCUT2D eigenvalue weighted by Gasteiger charge is 2.39. The number of fused-ring (bicyclic) bond motifs is 2. The summed E-state index contributed by atoms with van der Waals surface area (Å²) in [6.45, 7) is 9.29. The maximum atomic E-state index is 5.56. The van der Waals surface area contributed by atoms with E-state index in [-0.39, 0.29) is 0 Å². The number of nitrogens with zero attached hydrogens (tertiary/aromatic N) is 1. The van der Waals surface area contributed by atoms with Gasteiger partial charge in [-0.25, -0.2) is 0 Å². The summed E-state index contributed by atoms with van der Waals surface area (Å²) in [6, 6.07) is 1.50. The normalized spacial score (nSPS) is 33.0. The van der Waals surface area contributed by atoms with Gasteiger partial charge in [0.1, 0.15) is 0 Å². The first-order valence-corrected chi connectivity index (χ1v) is 7.90. The predicted molar refractivity (Wildman–Crippen MR) is 77.6 cm³/mol. The van der Waals surface area contributed by atoms with Gasteiger partial charge in [-0.3, -0.25) is 0 Å². The summed E-state index contributed by atoms with van der Waals surface area (Å²) in [4.78, 5) is 2.69. The summed E-state index contributed by atoms with van der Waals surface area (Å²) in [6.07, 6.45) is 6.69. The molecule has 2 fully saturated rings. The lowest BCUT2D eigenvalue weighted by molar-refractivity contribution is 0.0297. The molecular formula is C15H31N3. The molecule has 106 valence electrons. The molecule has 2 rings (SSSR count). The van der Waals surface area contributed by atoms with Crippen LogP contribution in [0.15, 0.2) is 0 Å². The summed E-state index contributed by atoms with van der Waals surface area (Å²) < 4.78 is 0. The number of nitrogens with two attached hydrogens (primary N) is 1. The van der Waals surface area contributed by atoms with Crippen LogP contribution in [0, 0.1) is 11.8 Å². The number of piperidine rings is 1. The molecule has 3 N–H and O–H groups in total. The average molecular weight is 253 g/mol. The summed E-state index contributed by atoms with van der Waals surface area (Å²) in [5, 5.41) is 3.84. The molecule has 2 aliphatic rings. The third kappa shape index (κ3) is 3.46. The maximum absolute atomic E-state index is 5.56. The minimum absolute atomic E-state index is 0.714. The molecule has 1 heterocycles. The summed E-state index contributed by atoms with van der Waals surface area (Å²) in [7, 11) is 0. The third-order valence-corrected chi connectivity index (χ3v) is 4.84. The first-order valence-electron chi connectivity index (χ1n) is 7.90. The molecule has 0 aromatic heterocycles. The zero-order valence-electron chi connectivity index (χ0n) is 12.2. The molecule has 0 aromatic rings. The fourth-order valence-corrected chi connectivity index (χ4v) is 3.77. The Hall–Kier alpha value is -0.120. The molecule has 1 saturated carbocycles. The number of hydrogen-bond acceptors (Lipinski definition) is 3. The van der Waals surface area contributed by atoms with Crippen molar-refractivity contribution in [2.24, 2.45) is 17.6 Å². The van der Waals surface area contributed by atoms with Gasteiger partial charge in [0, 0.05) is 25.2 Å². The summed E-state index contributed by atoms with van der Waals surface area (Å²) >= 11 is 0. The molecule has 0 aromatic carbocycles. The van der Waals surface area contributed by atoms with Crippen molar-refractivity contribution in [2.75, 3.05) is 26.2 Å². The Morgan fingerprint density at radius 1 is 1.17 bits per heavy atom. The summed E-state index contributed by atoms with van der Waals surface area (Å²) in [5.41, 5.74) is 5.56. The Labute approximate surface area is 112 Å². The van der Waals surface area contributed by atoms with Gasteiger partial charge in [0.25, 0.3) is 0 Å². The van der Waals surface area contributed by atoms with Crippen molar-refractivity contribution < 1.29 is 0 Å². The van der Waals surface area contributed by atoms with Gasteiger partial charge in [-0.1, -0.05) is 6.42 Å². The van der Waals surface area contributed by atoms with Gasteiger partial charge in [-0.05, 0) is 64.5 Å². The molecule has 1 aliphatic heterocycles. The second kappa shape index (κ2) is 6.88. The highest BCUT2D eigenvalue weighted by molar-refractivity contribution is 4.95. The molecule has 2 atom stereocenters. The van der Waals surface area contributed by atoms with Gasteiger partial charge in [-0.15, -0.1) is 0 Å². The lowest BCUT2D eigenvalue weighted by Crippen LogP contribution is -2.58. The lowest BCUT2D eigenvalue weighted by atomic mass is 9.73. The van der Waals surface area contributed by atoms with Crippen molar-refractivity contribution in [3.8, 4) is 0 Å². The Morgan fingerprint density at radius 3 is 2.39 bits per heavy atom. The minimum atomic E-state index is 0.714. The monoisotopic (exact) mass is 253 g/mol.